The van der Waals surface area contributed by atoms with Gasteiger partial charge in [-0.2, -0.15) is 5.10 Å². The average molecular weight is 343 g/mol. The number of nitrogens with zero attached hydrogens (tertiary/aromatic N) is 3. The molecule has 0 aromatic carbocycles. The number of nitrogen functional groups attached to an aromatic ring is 1. The monoisotopic (exact) mass is 342 g/mol. The number of rotatable bonds is 3. The van der Waals surface area contributed by atoms with Crippen molar-refractivity contribution in [2.45, 2.75) is 13.5 Å². The molecule has 2 aromatic rings. The molecule has 0 atom stereocenters. The molecule has 0 aliphatic carbocycles. The molecule has 0 aliphatic rings. The van der Waals surface area contributed by atoms with Crippen molar-refractivity contribution in [2.24, 2.45) is 7.05 Å². The summed E-state index contributed by atoms with van der Waals surface area (Å²) in [7, 11) is 3.49. The molecule has 0 spiro atoms. The number of thiophene rings is 1. The molecule has 2 N–H and O–H groups in total. The van der Waals surface area contributed by atoms with Gasteiger partial charge in [0.15, 0.2) is 0 Å². The van der Waals surface area contributed by atoms with Crippen LogP contribution in [0.15, 0.2) is 15.9 Å². The molecular weight excluding hydrogens is 328 g/mol. The number of anilines is 1. The van der Waals surface area contributed by atoms with E-state index in [1.54, 1.807) is 37.3 Å². The SMILES string of the molecule is Cc1nn(C)c(C(=O)N(C)Cc2cc(Br)cs2)c1N. The highest BCUT2D eigenvalue weighted by molar-refractivity contribution is 9.10. The van der Waals surface area contributed by atoms with Gasteiger partial charge in [-0.25, -0.2) is 0 Å². The minimum Gasteiger partial charge on any atom is -0.395 e. The molecule has 2 rings (SSSR count). The Morgan fingerprint density at radius 2 is 2.32 bits per heavy atom. The van der Waals surface area contributed by atoms with Gasteiger partial charge in [-0.3, -0.25) is 9.48 Å². The summed E-state index contributed by atoms with van der Waals surface area (Å²) in [5, 5.41) is 6.16. The van der Waals surface area contributed by atoms with Crippen molar-refractivity contribution in [3.8, 4) is 0 Å². The third kappa shape index (κ3) is 2.82. The van der Waals surface area contributed by atoms with E-state index in [0.29, 0.717) is 23.6 Å². The first-order chi connectivity index (χ1) is 8.90. The molecule has 0 radical (unpaired) electrons. The Bertz CT molecular complexity index is 619. The van der Waals surface area contributed by atoms with E-state index in [0.717, 1.165) is 9.35 Å². The van der Waals surface area contributed by atoms with Crippen LogP contribution >= 0.6 is 27.3 Å². The quantitative estimate of drug-likeness (QED) is 0.931. The summed E-state index contributed by atoms with van der Waals surface area (Å²) in [6.07, 6.45) is 0. The summed E-state index contributed by atoms with van der Waals surface area (Å²) in [6.45, 7) is 2.35. The lowest BCUT2D eigenvalue weighted by atomic mass is 10.2. The second-order valence-electron chi connectivity index (χ2n) is 4.36. The number of amides is 1. The lowest BCUT2D eigenvalue weighted by Gasteiger charge is -2.16. The number of halogens is 1. The van der Waals surface area contributed by atoms with Gasteiger partial charge in [0.2, 0.25) is 0 Å². The molecule has 0 bridgehead atoms. The van der Waals surface area contributed by atoms with Crippen LogP contribution in [-0.4, -0.2) is 27.6 Å². The van der Waals surface area contributed by atoms with Crippen LogP contribution in [0.2, 0.25) is 0 Å². The van der Waals surface area contributed by atoms with Crippen molar-refractivity contribution in [3.05, 3.63) is 32.2 Å². The summed E-state index contributed by atoms with van der Waals surface area (Å²) in [5.74, 6) is -0.120. The lowest BCUT2D eigenvalue weighted by molar-refractivity contribution is 0.0776. The van der Waals surface area contributed by atoms with E-state index in [4.69, 9.17) is 5.73 Å². The van der Waals surface area contributed by atoms with Crippen molar-refractivity contribution in [1.29, 1.82) is 0 Å². The molecule has 0 saturated heterocycles. The van der Waals surface area contributed by atoms with Gasteiger partial charge in [-0.15, -0.1) is 11.3 Å². The van der Waals surface area contributed by atoms with E-state index >= 15 is 0 Å². The first-order valence-corrected chi connectivity index (χ1v) is 7.35. The molecule has 0 fully saturated rings. The highest BCUT2D eigenvalue weighted by Crippen LogP contribution is 2.22. The van der Waals surface area contributed by atoms with E-state index in [1.807, 2.05) is 11.4 Å². The maximum atomic E-state index is 12.4. The van der Waals surface area contributed by atoms with Crippen LogP contribution in [0, 0.1) is 6.92 Å². The van der Waals surface area contributed by atoms with Gasteiger partial charge in [-0.1, -0.05) is 0 Å². The zero-order valence-electron chi connectivity index (χ0n) is 11.0. The molecule has 102 valence electrons. The standard InChI is InChI=1S/C12H15BrN4OS/c1-7-10(14)11(17(3)15-7)12(18)16(2)5-9-4-8(13)6-19-9/h4,6H,5,14H2,1-3H3. The molecular formula is C12H15BrN4OS. The third-order valence-corrected chi connectivity index (χ3v) is 4.51. The maximum absolute atomic E-state index is 12.4. The third-order valence-electron chi connectivity index (χ3n) is 2.83. The van der Waals surface area contributed by atoms with Crippen LogP contribution in [0.5, 0.6) is 0 Å². The van der Waals surface area contributed by atoms with Crippen LogP contribution in [0.1, 0.15) is 21.1 Å². The van der Waals surface area contributed by atoms with Crippen molar-refractivity contribution < 1.29 is 4.79 Å². The Kier molecular flexibility index (Phi) is 3.96. The van der Waals surface area contributed by atoms with Crippen molar-refractivity contribution in [1.82, 2.24) is 14.7 Å². The molecule has 1 amide bonds. The Labute approximate surface area is 124 Å². The van der Waals surface area contributed by atoms with Gasteiger partial charge in [0.25, 0.3) is 5.91 Å². The van der Waals surface area contributed by atoms with Crippen molar-refractivity contribution >= 4 is 38.9 Å². The molecule has 5 nitrogen and oxygen atoms in total. The topological polar surface area (TPSA) is 64.2 Å². The Morgan fingerprint density at radius 1 is 1.63 bits per heavy atom. The summed E-state index contributed by atoms with van der Waals surface area (Å²) >= 11 is 5.01. The first kappa shape index (κ1) is 14.1. The summed E-state index contributed by atoms with van der Waals surface area (Å²) in [6, 6.07) is 2.01. The second kappa shape index (κ2) is 5.34. The van der Waals surface area contributed by atoms with Crippen LogP contribution in [0.3, 0.4) is 0 Å². The molecule has 7 heteroatoms. The van der Waals surface area contributed by atoms with Gasteiger partial charge >= 0.3 is 0 Å². The largest absolute Gasteiger partial charge is 0.395 e. The smallest absolute Gasteiger partial charge is 0.274 e. The Hall–Kier alpha value is -1.34. The highest BCUT2D eigenvalue weighted by Gasteiger charge is 2.21. The van der Waals surface area contributed by atoms with Crippen LogP contribution in [0.25, 0.3) is 0 Å². The predicted molar refractivity (Wildman–Crippen MR) is 80.2 cm³/mol. The number of hydrogen-bond donors (Lipinski definition) is 1. The average Bonchev–Trinajstić information content (AvgIpc) is 2.84. The number of hydrogen-bond acceptors (Lipinski definition) is 4. The number of aromatic nitrogens is 2. The zero-order valence-corrected chi connectivity index (χ0v) is 13.4. The molecule has 2 heterocycles. The number of aryl methyl sites for hydroxylation is 2. The zero-order chi connectivity index (χ0) is 14.2. The van der Waals surface area contributed by atoms with E-state index in [2.05, 4.69) is 21.0 Å². The van der Waals surface area contributed by atoms with Crippen LogP contribution in [0.4, 0.5) is 5.69 Å². The minimum atomic E-state index is -0.120. The number of carbonyl (C=O) groups excluding carboxylic acids is 1. The molecule has 2 aromatic heterocycles. The van der Waals surface area contributed by atoms with Gasteiger partial charge in [0.1, 0.15) is 5.69 Å². The van der Waals surface area contributed by atoms with E-state index in [-0.39, 0.29) is 5.91 Å². The van der Waals surface area contributed by atoms with Crippen molar-refractivity contribution in [3.63, 3.8) is 0 Å². The van der Waals surface area contributed by atoms with Gasteiger partial charge in [-0.05, 0) is 28.9 Å². The van der Waals surface area contributed by atoms with Gasteiger partial charge in [0, 0.05) is 28.8 Å². The highest BCUT2D eigenvalue weighted by atomic mass is 79.9. The van der Waals surface area contributed by atoms with Gasteiger partial charge < -0.3 is 10.6 Å². The molecule has 19 heavy (non-hydrogen) atoms. The minimum absolute atomic E-state index is 0.120. The molecule has 0 saturated carbocycles. The summed E-state index contributed by atoms with van der Waals surface area (Å²) < 4.78 is 2.57. The summed E-state index contributed by atoms with van der Waals surface area (Å²) in [5.41, 5.74) is 7.47. The molecule has 0 unspecified atom stereocenters. The fraction of sp³-hybridized carbons (Fsp3) is 0.333. The predicted octanol–water partition coefficient (Wildman–Crippen LogP) is 2.41. The number of carbonyl (C=O) groups is 1. The normalized spacial score (nSPS) is 10.7. The Balaban J connectivity index is 2.19. The Morgan fingerprint density at radius 3 is 2.79 bits per heavy atom. The van der Waals surface area contributed by atoms with Crippen LogP contribution < -0.4 is 5.73 Å². The van der Waals surface area contributed by atoms with Crippen molar-refractivity contribution in [2.75, 3.05) is 12.8 Å². The second-order valence-corrected chi connectivity index (χ2v) is 6.28. The fourth-order valence-corrected chi connectivity index (χ4v) is 3.35. The van der Waals surface area contributed by atoms with E-state index < -0.39 is 0 Å². The lowest BCUT2D eigenvalue weighted by Crippen LogP contribution is -2.28. The van der Waals surface area contributed by atoms with Crippen LogP contribution in [-0.2, 0) is 13.6 Å². The number of nitrogens with two attached hydrogens (primary N) is 1. The maximum Gasteiger partial charge on any atom is 0.274 e. The van der Waals surface area contributed by atoms with E-state index in [1.165, 1.54) is 4.68 Å². The molecule has 0 aliphatic heterocycles. The fourth-order valence-electron chi connectivity index (χ4n) is 1.85. The first-order valence-electron chi connectivity index (χ1n) is 5.67. The summed E-state index contributed by atoms with van der Waals surface area (Å²) in [4.78, 5) is 15.1. The van der Waals surface area contributed by atoms with Gasteiger partial charge in [0.05, 0.1) is 17.9 Å². The van der Waals surface area contributed by atoms with E-state index in [9.17, 15) is 4.79 Å².